The van der Waals surface area contributed by atoms with Gasteiger partial charge in [-0.2, -0.15) is 0 Å². The molecule has 1 rings (SSSR count). The lowest BCUT2D eigenvalue weighted by atomic mass is 10.1. The number of nitrogens with zero attached hydrogens (tertiary/aromatic N) is 2. The molecule has 0 radical (unpaired) electrons. The van der Waals surface area contributed by atoms with Gasteiger partial charge in [0.15, 0.2) is 0 Å². The predicted molar refractivity (Wildman–Crippen MR) is 77.0 cm³/mol. The largest absolute Gasteiger partial charge is 0.383 e. The number of nitro groups is 1. The van der Waals surface area contributed by atoms with Crippen molar-refractivity contribution >= 4 is 17.1 Å². The van der Waals surface area contributed by atoms with Crippen LogP contribution in [0.15, 0.2) is 18.2 Å². The summed E-state index contributed by atoms with van der Waals surface area (Å²) in [6.07, 6.45) is 0. The first-order chi connectivity index (χ1) is 9.06. The molecule has 0 heterocycles. The zero-order valence-electron chi connectivity index (χ0n) is 11.8. The van der Waals surface area contributed by atoms with E-state index in [1.54, 1.807) is 26.3 Å². The zero-order valence-corrected chi connectivity index (χ0v) is 11.8. The Kier molecular flexibility index (Phi) is 5.57. The molecule has 0 saturated heterocycles. The molecule has 6 nitrogen and oxygen atoms in total. The van der Waals surface area contributed by atoms with Crippen molar-refractivity contribution in [2.45, 2.75) is 19.9 Å². The predicted octanol–water partition coefficient (Wildman–Crippen LogP) is 2.50. The molecular weight excluding hydrogens is 246 g/mol. The van der Waals surface area contributed by atoms with Gasteiger partial charge in [-0.25, -0.2) is 0 Å². The SMILES string of the molecule is CCN(c1cccc(NC)c1[N+](=O)[O-])C(C)COC. The van der Waals surface area contributed by atoms with Gasteiger partial charge in [-0.3, -0.25) is 10.1 Å². The highest BCUT2D eigenvalue weighted by Crippen LogP contribution is 2.36. The van der Waals surface area contributed by atoms with E-state index in [0.717, 1.165) is 0 Å². The molecule has 0 bridgehead atoms. The summed E-state index contributed by atoms with van der Waals surface area (Å²) < 4.78 is 5.14. The van der Waals surface area contributed by atoms with Crippen LogP contribution in [0.2, 0.25) is 0 Å². The Morgan fingerprint density at radius 3 is 2.68 bits per heavy atom. The molecule has 0 aromatic heterocycles. The van der Waals surface area contributed by atoms with Gasteiger partial charge in [0.2, 0.25) is 0 Å². The van der Waals surface area contributed by atoms with Gasteiger partial charge < -0.3 is 15.0 Å². The highest BCUT2D eigenvalue weighted by Gasteiger charge is 2.25. The van der Waals surface area contributed by atoms with Crippen molar-refractivity contribution in [2.75, 3.05) is 37.5 Å². The molecule has 19 heavy (non-hydrogen) atoms. The summed E-state index contributed by atoms with van der Waals surface area (Å²) in [5, 5.41) is 14.2. The van der Waals surface area contributed by atoms with Crippen molar-refractivity contribution in [2.24, 2.45) is 0 Å². The van der Waals surface area contributed by atoms with E-state index in [0.29, 0.717) is 24.5 Å². The first-order valence-electron chi connectivity index (χ1n) is 6.27. The molecule has 1 aromatic rings. The molecule has 1 aromatic carbocycles. The topological polar surface area (TPSA) is 67.6 Å². The first kappa shape index (κ1) is 15.2. The number of ether oxygens (including phenoxy) is 1. The van der Waals surface area contributed by atoms with E-state index in [9.17, 15) is 10.1 Å². The number of nitro benzene ring substituents is 1. The number of methoxy groups -OCH3 is 1. The summed E-state index contributed by atoms with van der Waals surface area (Å²) in [5.41, 5.74) is 1.24. The minimum Gasteiger partial charge on any atom is -0.383 e. The van der Waals surface area contributed by atoms with E-state index < -0.39 is 0 Å². The third kappa shape index (κ3) is 3.35. The number of anilines is 2. The maximum absolute atomic E-state index is 11.3. The maximum Gasteiger partial charge on any atom is 0.315 e. The van der Waals surface area contributed by atoms with Crippen LogP contribution in [0.1, 0.15) is 13.8 Å². The second-order valence-electron chi connectivity index (χ2n) is 4.27. The molecule has 0 aliphatic carbocycles. The molecule has 1 unspecified atom stereocenters. The average Bonchev–Trinajstić information content (AvgIpc) is 2.39. The molecule has 6 heteroatoms. The molecule has 0 aliphatic rings. The number of rotatable bonds is 7. The van der Waals surface area contributed by atoms with Crippen LogP contribution in [0, 0.1) is 10.1 Å². The lowest BCUT2D eigenvalue weighted by molar-refractivity contribution is -0.383. The average molecular weight is 267 g/mol. The quantitative estimate of drug-likeness (QED) is 0.607. The van der Waals surface area contributed by atoms with Crippen LogP contribution >= 0.6 is 0 Å². The number of para-hydroxylation sites is 1. The fourth-order valence-electron chi connectivity index (χ4n) is 2.21. The maximum atomic E-state index is 11.3. The van der Waals surface area contributed by atoms with Crippen LogP contribution in [0.4, 0.5) is 17.1 Å². The van der Waals surface area contributed by atoms with Crippen LogP contribution in [-0.2, 0) is 4.74 Å². The Balaban J connectivity index is 3.26. The van der Waals surface area contributed by atoms with Crippen molar-refractivity contribution in [3.63, 3.8) is 0 Å². The Morgan fingerprint density at radius 1 is 1.53 bits per heavy atom. The number of likely N-dealkylation sites (N-methyl/N-ethyl adjacent to an activating group) is 1. The van der Waals surface area contributed by atoms with Crippen molar-refractivity contribution in [3.8, 4) is 0 Å². The minimum absolute atomic E-state index is 0.0702. The van der Waals surface area contributed by atoms with Crippen molar-refractivity contribution in [1.29, 1.82) is 0 Å². The van der Waals surface area contributed by atoms with Gasteiger partial charge in [-0.15, -0.1) is 0 Å². The number of hydrogen-bond acceptors (Lipinski definition) is 5. The Labute approximate surface area is 113 Å². The second-order valence-corrected chi connectivity index (χ2v) is 4.27. The molecule has 0 aliphatic heterocycles. The van der Waals surface area contributed by atoms with Crippen LogP contribution in [0.5, 0.6) is 0 Å². The highest BCUT2D eigenvalue weighted by atomic mass is 16.6. The fourth-order valence-corrected chi connectivity index (χ4v) is 2.21. The third-order valence-corrected chi connectivity index (χ3v) is 3.06. The molecule has 0 amide bonds. The summed E-state index contributed by atoms with van der Waals surface area (Å²) in [6.45, 7) is 5.16. The lowest BCUT2D eigenvalue weighted by Gasteiger charge is -2.29. The van der Waals surface area contributed by atoms with Gasteiger partial charge in [-0.1, -0.05) is 6.07 Å². The van der Waals surface area contributed by atoms with Crippen LogP contribution in [0.25, 0.3) is 0 Å². The summed E-state index contributed by atoms with van der Waals surface area (Å²) in [6, 6.07) is 5.36. The molecule has 0 fully saturated rings. The Bertz CT molecular complexity index is 437. The normalized spacial score (nSPS) is 12.0. The minimum atomic E-state index is -0.344. The van der Waals surface area contributed by atoms with Gasteiger partial charge in [0, 0.05) is 26.7 Å². The van der Waals surface area contributed by atoms with Gasteiger partial charge in [0.25, 0.3) is 0 Å². The Hall–Kier alpha value is -1.82. The van der Waals surface area contributed by atoms with Crippen LogP contribution in [0.3, 0.4) is 0 Å². The molecular formula is C13H21N3O3. The summed E-state index contributed by atoms with van der Waals surface area (Å²) in [4.78, 5) is 12.9. The van der Waals surface area contributed by atoms with Crippen molar-refractivity contribution < 1.29 is 9.66 Å². The van der Waals surface area contributed by atoms with Gasteiger partial charge in [-0.05, 0) is 26.0 Å². The molecule has 0 saturated carbocycles. The van der Waals surface area contributed by atoms with Crippen molar-refractivity contribution in [3.05, 3.63) is 28.3 Å². The highest BCUT2D eigenvalue weighted by molar-refractivity contribution is 5.77. The van der Waals surface area contributed by atoms with Crippen molar-refractivity contribution in [1.82, 2.24) is 0 Å². The zero-order chi connectivity index (χ0) is 14.4. The first-order valence-corrected chi connectivity index (χ1v) is 6.27. The fraction of sp³-hybridized carbons (Fsp3) is 0.538. The summed E-state index contributed by atoms with van der Waals surface area (Å²) in [5.74, 6) is 0. The monoisotopic (exact) mass is 267 g/mol. The molecule has 0 spiro atoms. The third-order valence-electron chi connectivity index (χ3n) is 3.06. The van der Waals surface area contributed by atoms with Crippen LogP contribution in [-0.4, -0.2) is 38.3 Å². The molecule has 1 N–H and O–H groups in total. The molecule has 106 valence electrons. The second kappa shape index (κ2) is 6.94. The van der Waals surface area contributed by atoms with Gasteiger partial charge in [0.1, 0.15) is 11.4 Å². The van der Waals surface area contributed by atoms with E-state index in [1.165, 1.54) is 0 Å². The summed E-state index contributed by atoms with van der Waals surface area (Å²) >= 11 is 0. The summed E-state index contributed by atoms with van der Waals surface area (Å²) in [7, 11) is 3.31. The van der Waals surface area contributed by atoms with Crippen LogP contribution < -0.4 is 10.2 Å². The number of nitrogens with one attached hydrogen (secondary N) is 1. The lowest BCUT2D eigenvalue weighted by Crippen LogP contribution is -2.36. The smallest absolute Gasteiger partial charge is 0.315 e. The standard InChI is InChI=1S/C13H21N3O3/c1-5-15(10(2)9-19-4)12-8-6-7-11(14-3)13(12)16(17)18/h6-8,10,14H,5,9H2,1-4H3. The van der Waals surface area contributed by atoms with E-state index in [-0.39, 0.29) is 16.7 Å². The van der Waals surface area contributed by atoms with E-state index in [2.05, 4.69) is 5.32 Å². The molecule has 1 atom stereocenters. The Morgan fingerprint density at radius 2 is 2.21 bits per heavy atom. The number of hydrogen-bond donors (Lipinski definition) is 1. The number of benzene rings is 1. The van der Waals surface area contributed by atoms with E-state index >= 15 is 0 Å². The van der Waals surface area contributed by atoms with E-state index in [1.807, 2.05) is 24.8 Å². The van der Waals surface area contributed by atoms with Gasteiger partial charge in [0.05, 0.1) is 11.5 Å². The van der Waals surface area contributed by atoms with E-state index in [4.69, 9.17) is 4.74 Å². The van der Waals surface area contributed by atoms with Gasteiger partial charge >= 0.3 is 5.69 Å².